The van der Waals surface area contributed by atoms with E-state index in [4.69, 9.17) is 0 Å². The van der Waals surface area contributed by atoms with Crippen molar-refractivity contribution in [2.24, 2.45) is 0 Å². The molecule has 1 N–H and O–H groups in total. The average molecular weight is 271 g/mol. The summed E-state index contributed by atoms with van der Waals surface area (Å²) in [5, 5.41) is 21.5. The molecule has 0 fully saturated rings. The number of allylic oxidation sites excluding steroid dienone is 1. The minimum absolute atomic E-state index is 0.117. The molecule has 0 aliphatic carbocycles. The molecule has 0 heterocycles. The number of nitriles is 1. The number of phenolic OH excluding ortho intramolecular Hbond substituents is 1. The first-order chi connectivity index (χ1) is 10.3. The molecule has 2 nitrogen and oxygen atoms in total. The van der Waals surface area contributed by atoms with E-state index in [0.717, 1.165) is 16.3 Å². The van der Waals surface area contributed by atoms with Gasteiger partial charge in [-0.15, -0.1) is 0 Å². The van der Waals surface area contributed by atoms with E-state index in [-0.39, 0.29) is 5.75 Å². The molecule has 0 aromatic heterocycles. The SMILES string of the molecule is N#C/C(=C\c1ccc2ccccc2c1)c1ccccc1O. The van der Waals surface area contributed by atoms with Gasteiger partial charge >= 0.3 is 0 Å². The molecule has 3 rings (SSSR count). The zero-order chi connectivity index (χ0) is 14.7. The minimum atomic E-state index is 0.117. The fourth-order valence-corrected chi connectivity index (χ4v) is 2.34. The topological polar surface area (TPSA) is 44.0 Å². The van der Waals surface area contributed by atoms with E-state index in [0.29, 0.717) is 11.1 Å². The van der Waals surface area contributed by atoms with Crippen molar-refractivity contribution >= 4 is 22.4 Å². The summed E-state index contributed by atoms with van der Waals surface area (Å²) in [6.45, 7) is 0. The molecule has 0 saturated heterocycles. The Morgan fingerprint density at radius 2 is 1.62 bits per heavy atom. The van der Waals surface area contributed by atoms with E-state index in [1.165, 1.54) is 0 Å². The van der Waals surface area contributed by atoms with E-state index >= 15 is 0 Å². The van der Waals surface area contributed by atoms with Gasteiger partial charge < -0.3 is 5.11 Å². The number of aromatic hydroxyl groups is 1. The van der Waals surface area contributed by atoms with Crippen LogP contribution in [0.15, 0.2) is 66.7 Å². The standard InChI is InChI=1S/C19H13NO/c20-13-17(18-7-3-4-8-19(18)21)12-14-9-10-15-5-1-2-6-16(15)11-14/h1-12,21H/b17-12+. The first-order valence-electron chi connectivity index (χ1n) is 6.67. The van der Waals surface area contributed by atoms with Gasteiger partial charge in [-0.2, -0.15) is 5.26 Å². The fourth-order valence-electron chi connectivity index (χ4n) is 2.34. The molecule has 3 aromatic carbocycles. The minimum Gasteiger partial charge on any atom is -0.507 e. The third kappa shape index (κ3) is 2.63. The third-order valence-corrected chi connectivity index (χ3v) is 3.40. The molecule has 0 atom stereocenters. The second-order valence-electron chi connectivity index (χ2n) is 4.79. The monoisotopic (exact) mass is 271 g/mol. The number of hydrogen-bond donors (Lipinski definition) is 1. The molecule has 0 spiro atoms. The molecule has 3 aromatic rings. The number of phenols is 1. The van der Waals surface area contributed by atoms with Gasteiger partial charge in [0.1, 0.15) is 5.75 Å². The second-order valence-corrected chi connectivity index (χ2v) is 4.79. The number of hydrogen-bond acceptors (Lipinski definition) is 2. The van der Waals surface area contributed by atoms with E-state index < -0.39 is 0 Å². The van der Waals surface area contributed by atoms with Crippen molar-refractivity contribution in [1.29, 1.82) is 5.26 Å². The molecule has 0 amide bonds. The van der Waals surface area contributed by atoms with Gasteiger partial charge in [0.2, 0.25) is 0 Å². The number of rotatable bonds is 2. The van der Waals surface area contributed by atoms with E-state index in [1.807, 2.05) is 36.4 Å². The molecular formula is C19H13NO. The van der Waals surface area contributed by atoms with Crippen LogP contribution in [0.5, 0.6) is 5.75 Å². The van der Waals surface area contributed by atoms with Crippen LogP contribution < -0.4 is 0 Å². The molecule has 100 valence electrons. The summed E-state index contributed by atoms with van der Waals surface area (Å²) in [6.07, 6.45) is 1.79. The van der Waals surface area contributed by atoms with Crippen LogP contribution in [0, 0.1) is 11.3 Å². The molecule has 0 saturated carbocycles. The maximum absolute atomic E-state index is 9.87. The van der Waals surface area contributed by atoms with E-state index in [1.54, 1.807) is 30.3 Å². The maximum atomic E-state index is 9.87. The van der Waals surface area contributed by atoms with Crippen molar-refractivity contribution in [1.82, 2.24) is 0 Å². The summed E-state index contributed by atoms with van der Waals surface area (Å²) in [7, 11) is 0. The van der Waals surface area contributed by atoms with Crippen LogP contribution in [0.2, 0.25) is 0 Å². The Labute approximate surface area is 123 Å². The Bertz CT molecular complexity index is 872. The van der Waals surface area contributed by atoms with Gasteiger partial charge in [0.25, 0.3) is 0 Å². The quantitative estimate of drug-likeness (QED) is 0.546. The Morgan fingerprint density at radius 3 is 2.38 bits per heavy atom. The van der Waals surface area contributed by atoms with Crippen LogP contribution in [0.1, 0.15) is 11.1 Å². The largest absolute Gasteiger partial charge is 0.507 e. The molecule has 0 aliphatic heterocycles. The Balaban J connectivity index is 2.09. The summed E-state index contributed by atoms with van der Waals surface area (Å²) in [5.74, 6) is 0.117. The second kappa shape index (κ2) is 5.52. The first kappa shape index (κ1) is 13.0. The molecule has 0 aliphatic rings. The third-order valence-electron chi connectivity index (χ3n) is 3.40. The van der Waals surface area contributed by atoms with Crippen molar-refractivity contribution in [3.05, 3.63) is 77.9 Å². The molecule has 2 heteroatoms. The number of para-hydroxylation sites is 1. The molecule has 0 radical (unpaired) electrons. The van der Waals surface area contributed by atoms with Crippen LogP contribution >= 0.6 is 0 Å². The highest BCUT2D eigenvalue weighted by molar-refractivity contribution is 5.93. The molecular weight excluding hydrogens is 258 g/mol. The van der Waals surface area contributed by atoms with E-state index in [9.17, 15) is 10.4 Å². The predicted molar refractivity (Wildman–Crippen MR) is 85.5 cm³/mol. The smallest absolute Gasteiger partial charge is 0.124 e. The van der Waals surface area contributed by atoms with Crippen LogP contribution in [0.3, 0.4) is 0 Å². The predicted octanol–water partition coefficient (Wildman–Crippen LogP) is 4.61. The first-order valence-corrected chi connectivity index (χ1v) is 6.67. The van der Waals surface area contributed by atoms with Gasteiger partial charge in [0.15, 0.2) is 0 Å². The van der Waals surface area contributed by atoms with Gasteiger partial charge in [0, 0.05) is 5.56 Å². The number of benzene rings is 3. The lowest BCUT2D eigenvalue weighted by atomic mass is 10.0. The number of nitrogens with zero attached hydrogens (tertiary/aromatic N) is 1. The lowest BCUT2D eigenvalue weighted by Gasteiger charge is -2.04. The van der Waals surface area contributed by atoms with Gasteiger partial charge in [0.05, 0.1) is 11.6 Å². The van der Waals surface area contributed by atoms with Crippen molar-refractivity contribution in [3.63, 3.8) is 0 Å². The zero-order valence-corrected chi connectivity index (χ0v) is 11.3. The Kier molecular flexibility index (Phi) is 3.41. The maximum Gasteiger partial charge on any atom is 0.124 e. The van der Waals surface area contributed by atoms with Crippen molar-refractivity contribution < 1.29 is 5.11 Å². The summed E-state index contributed by atoms with van der Waals surface area (Å²) in [4.78, 5) is 0. The normalized spacial score (nSPS) is 11.3. The summed E-state index contributed by atoms with van der Waals surface area (Å²) in [6, 6.07) is 23.1. The van der Waals surface area contributed by atoms with Gasteiger partial charge in [-0.3, -0.25) is 0 Å². The number of fused-ring (bicyclic) bond motifs is 1. The van der Waals surface area contributed by atoms with Crippen LogP contribution in [0.4, 0.5) is 0 Å². The van der Waals surface area contributed by atoms with Crippen molar-refractivity contribution in [2.45, 2.75) is 0 Å². The molecule has 21 heavy (non-hydrogen) atoms. The van der Waals surface area contributed by atoms with Gasteiger partial charge in [-0.25, -0.2) is 0 Å². The molecule has 0 unspecified atom stereocenters. The van der Waals surface area contributed by atoms with Gasteiger partial charge in [-0.05, 0) is 40.6 Å². The van der Waals surface area contributed by atoms with Crippen LogP contribution in [0.25, 0.3) is 22.4 Å². The zero-order valence-electron chi connectivity index (χ0n) is 11.3. The molecule has 0 bridgehead atoms. The Morgan fingerprint density at radius 1 is 0.905 bits per heavy atom. The fraction of sp³-hybridized carbons (Fsp3) is 0. The Hall–Kier alpha value is -3.05. The highest BCUT2D eigenvalue weighted by Crippen LogP contribution is 2.26. The lowest BCUT2D eigenvalue weighted by Crippen LogP contribution is -1.83. The highest BCUT2D eigenvalue weighted by atomic mass is 16.3. The van der Waals surface area contributed by atoms with E-state index in [2.05, 4.69) is 12.1 Å². The lowest BCUT2D eigenvalue weighted by molar-refractivity contribution is 0.474. The average Bonchev–Trinajstić information content (AvgIpc) is 2.53. The van der Waals surface area contributed by atoms with Crippen molar-refractivity contribution in [3.8, 4) is 11.8 Å². The van der Waals surface area contributed by atoms with Crippen molar-refractivity contribution in [2.75, 3.05) is 0 Å². The van der Waals surface area contributed by atoms with Crippen LogP contribution in [-0.2, 0) is 0 Å². The van der Waals surface area contributed by atoms with Gasteiger partial charge in [-0.1, -0.05) is 48.5 Å². The summed E-state index contributed by atoms with van der Waals surface area (Å²) >= 11 is 0. The van der Waals surface area contributed by atoms with Crippen LogP contribution in [-0.4, -0.2) is 5.11 Å². The summed E-state index contributed by atoms with van der Waals surface area (Å²) in [5.41, 5.74) is 1.94. The summed E-state index contributed by atoms with van der Waals surface area (Å²) < 4.78 is 0. The highest BCUT2D eigenvalue weighted by Gasteiger charge is 2.06.